The Hall–Kier alpha value is -0.350. The van der Waals surface area contributed by atoms with Crippen LogP contribution in [0.3, 0.4) is 0 Å². The predicted octanol–water partition coefficient (Wildman–Crippen LogP) is 2.99. The predicted molar refractivity (Wildman–Crippen MR) is 74.1 cm³/mol. The Kier molecular flexibility index (Phi) is 4.62. The molecule has 0 aliphatic carbocycles. The number of aromatic nitrogens is 2. The Morgan fingerprint density at radius 2 is 2.35 bits per heavy atom. The summed E-state index contributed by atoms with van der Waals surface area (Å²) in [6, 6.07) is 0.690. The molecule has 0 saturated carbocycles. The fourth-order valence-corrected chi connectivity index (χ4v) is 2.96. The van der Waals surface area contributed by atoms with Crippen LogP contribution in [-0.4, -0.2) is 22.4 Å². The molecule has 2 atom stereocenters. The third kappa shape index (κ3) is 3.32. The average Bonchev–Trinajstić information content (AvgIpc) is 2.65. The molecule has 17 heavy (non-hydrogen) atoms. The van der Waals surface area contributed by atoms with Crippen molar-refractivity contribution in [2.24, 2.45) is 5.92 Å². The van der Waals surface area contributed by atoms with Gasteiger partial charge < -0.3 is 5.32 Å². The van der Waals surface area contributed by atoms with Crippen LogP contribution in [0.5, 0.6) is 0 Å². The van der Waals surface area contributed by atoms with E-state index in [-0.39, 0.29) is 0 Å². The summed E-state index contributed by atoms with van der Waals surface area (Å²) >= 11 is 3.62. The van der Waals surface area contributed by atoms with Crippen LogP contribution in [0.15, 0.2) is 10.7 Å². The fourth-order valence-electron chi connectivity index (χ4n) is 2.50. The maximum Gasteiger partial charge on any atom is 0.0635 e. The zero-order valence-corrected chi connectivity index (χ0v) is 12.3. The summed E-state index contributed by atoms with van der Waals surface area (Å²) in [7, 11) is 0. The molecule has 1 aliphatic heterocycles. The van der Waals surface area contributed by atoms with Gasteiger partial charge in [-0.3, -0.25) is 4.68 Å². The molecule has 0 bridgehead atoms. The van der Waals surface area contributed by atoms with Crippen molar-refractivity contribution in [3.63, 3.8) is 0 Å². The van der Waals surface area contributed by atoms with Gasteiger partial charge in [0.05, 0.1) is 16.4 Å². The van der Waals surface area contributed by atoms with E-state index in [2.05, 4.69) is 44.9 Å². The first-order chi connectivity index (χ1) is 8.20. The van der Waals surface area contributed by atoms with Crippen LogP contribution < -0.4 is 5.32 Å². The number of hydrogen-bond acceptors (Lipinski definition) is 2. The minimum Gasteiger partial charge on any atom is -0.314 e. The molecule has 96 valence electrons. The van der Waals surface area contributed by atoms with Crippen molar-refractivity contribution in [2.75, 3.05) is 6.54 Å². The number of hydrogen-bond donors (Lipinski definition) is 1. The van der Waals surface area contributed by atoms with Crippen LogP contribution in [0, 0.1) is 5.92 Å². The van der Waals surface area contributed by atoms with Gasteiger partial charge in [0.2, 0.25) is 0 Å². The van der Waals surface area contributed by atoms with Crippen LogP contribution >= 0.6 is 15.9 Å². The Morgan fingerprint density at radius 3 is 3.00 bits per heavy atom. The molecule has 0 aromatic carbocycles. The van der Waals surface area contributed by atoms with Crippen LogP contribution in [0.25, 0.3) is 0 Å². The quantitative estimate of drug-likeness (QED) is 0.926. The zero-order valence-electron chi connectivity index (χ0n) is 10.7. The largest absolute Gasteiger partial charge is 0.314 e. The van der Waals surface area contributed by atoms with E-state index in [0.29, 0.717) is 6.04 Å². The van der Waals surface area contributed by atoms with Crippen molar-refractivity contribution in [1.29, 1.82) is 0 Å². The Bertz CT molecular complexity index is 354. The Labute approximate surface area is 112 Å². The van der Waals surface area contributed by atoms with Gasteiger partial charge >= 0.3 is 0 Å². The SMILES string of the molecule is CCCn1ncc(Br)c1CC1CCC(C)NC1. The number of aryl methyl sites for hydroxylation is 1. The molecule has 2 unspecified atom stereocenters. The highest BCUT2D eigenvalue weighted by atomic mass is 79.9. The normalized spacial score (nSPS) is 25.1. The fraction of sp³-hybridized carbons (Fsp3) is 0.769. The van der Waals surface area contributed by atoms with Gasteiger partial charge in [0.1, 0.15) is 0 Å². The highest BCUT2D eigenvalue weighted by Gasteiger charge is 2.20. The lowest BCUT2D eigenvalue weighted by atomic mass is 9.91. The lowest BCUT2D eigenvalue weighted by Gasteiger charge is -2.27. The molecule has 0 spiro atoms. The van der Waals surface area contributed by atoms with Gasteiger partial charge in [0.25, 0.3) is 0 Å². The van der Waals surface area contributed by atoms with E-state index in [4.69, 9.17) is 0 Å². The van der Waals surface area contributed by atoms with E-state index in [1.807, 2.05) is 6.20 Å². The van der Waals surface area contributed by atoms with Crippen LogP contribution in [0.2, 0.25) is 0 Å². The summed E-state index contributed by atoms with van der Waals surface area (Å²) in [5.41, 5.74) is 1.37. The summed E-state index contributed by atoms with van der Waals surface area (Å²) in [4.78, 5) is 0. The minimum atomic E-state index is 0.690. The van der Waals surface area contributed by atoms with Gasteiger partial charge in [0, 0.05) is 12.6 Å². The van der Waals surface area contributed by atoms with E-state index in [1.165, 1.54) is 23.0 Å². The van der Waals surface area contributed by atoms with Gasteiger partial charge in [-0.1, -0.05) is 6.92 Å². The number of piperidine rings is 1. The molecule has 1 aliphatic rings. The summed E-state index contributed by atoms with van der Waals surface area (Å²) < 4.78 is 3.33. The molecular weight excluding hydrogens is 278 g/mol. The highest BCUT2D eigenvalue weighted by Crippen LogP contribution is 2.24. The number of nitrogens with zero attached hydrogens (tertiary/aromatic N) is 2. The maximum absolute atomic E-state index is 4.44. The second-order valence-corrected chi connectivity index (χ2v) is 5.97. The van der Waals surface area contributed by atoms with Gasteiger partial charge in [-0.2, -0.15) is 5.10 Å². The molecule has 1 N–H and O–H groups in total. The van der Waals surface area contributed by atoms with E-state index >= 15 is 0 Å². The van der Waals surface area contributed by atoms with Crippen molar-refractivity contribution < 1.29 is 0 Å². The maximum atomic E-state index is 4.44. The summed E-state index contributed by atoms with van der Waals surface area (Å²) in [5, 5.41) is 8.01. The Morgan fingerprint density at radius 1 is 1.53 bits per heavy atom. The standard InChI is InChI=1S/C13H22BrN3/c1-3-6-17-13(12(14)9-16-17)7-11-5-4-10(2)15-8-11/h9-11,15H,3-8H2,1-2H3. The average molecular weight is 300 g/mol. The van der Waals surface area contributed by atoms with Crippen LogP contribution in [0.1, 0.15) is 38.8 Å². The van der Waals surface area contributed by atoms with E-state index in [1.54, 1.807) is 0 Å². The lowest BCUT2D eigenvalue weighted by molar-refractivity contribution is 0.316. The van der Waals surface area contributed by atoms with Crippen molar-refractivity contribution in [3.8, 4) is 0 Å². The minimum absolute atomic E-state index is 0.690. The first-order valence-corrected chi connectivity index (χ1v) is 7.43. The smallest absolute Gasteiger partial charge is 0.0635 e. The summed E-state index contributed by atoms with van der Waals surface area (Å²) in [6.07, 6.45) is 6.84. The number of nitrogens with one attached hydrogen (secondary N) is 1. The molecule has 4 heteroatoms. The van der Waals surface area contributed by atoms with Crippen LogP contribution in [-0.2, 0) is 13.0 Å². The molecule has 1 aromatic rings. The van der Waals surface area contributed by atoms with Crippen molar-refractivity contribution in [3.05, 3.63) is 16.4 Å². The van der Waals surface area contributed by atoms with Crippen molar-refractivity contribution in [2.45, 2.75) is 52.1 Å². The molecule has 2 rings (SSSR count). The highest BCUT2D eigenvalue weighted by molar-refractivity contribution is 9.10. The van der Waals surface area contributed by atoms with Crippen LogP contribution in [0.4, 0.5) is 0 Å². The Balaban J connectivity index is 2.00. The first-order valence-electron chi connectivity index (χ1n) is 6.64. The van der Waals surface area contributed by atoms with Gasteiger partial charge in [-0.15, -0.1) is 0 Å². The molecule has 1 fully saturated rings. The molecular formula is C13H22BrN3. The monoisotopic (exact) mass is 299 g/mol. The molecule has 1 aromatic heterocycles. The molecule has 3 nitrogen and oxygen atoms in total. The second-order valence-electron chi connectivity index (χ2n) is 5.12. The topological polar surface area (TPSA) is 29.9 Å². The third-order valence-corrected chi connectivity index (χ3v) is 4.24. The van der Waals surface area contributed by atoms with E-state index in [9.17, 15) is 0 Å². The second kappa shape index (κ2) is 6.01. The molecule has 1 saturated heterocycles. The van der Waals surface area contributed by atoms with Gasteiger partial charge in [-0.25, -0.2) is 0 Å². The van der Waals surface area contributed by atoms with Gasteiger partial charge in [0.15, 0.2) is 0 Å². The van der Waals surface area contributed by atoms with E-state index < -0.39 is 0 Å². The molecule has 0 amide bonds. The number of rotatable bonds is 4. The first kappa shape index (κ1) is 13.1. The summed E-state index contributed by atoms with van der Waals surface area (Å²) in [6.45, 7) is 6.64. The van der Waals surface area contributed by atoms with Crippen molar-refractivity contribution >= 4 is 15.9 Å². The van der Waals surface area contributed by atoms with Gasteiger partial charge in [-0.05, 0) is 61.0 Å². The van der Waals surface area contributed by atoms with Crippen molar-refractivity contribution in [1.82, 2.24) is 15.1 Å². The lowest BCUT2D eigenvalue weighted by Crippen LogP contribution is -2.37. The molecule has 0 radical (unpaired) electrons. The summed E-state index contributed by atoms with van der Waals surface area (Å²) in [5.74, 6) is 0.759. The third-order valence-electron chi connectivity index (χ3n) is 3.58. The molecule has 2 heterocycles. The number of halogens is 1. The van der Waals surface area contributed by atoms with E-state index in [0.717, 1.165) is 31.8 Å². The zero-order chi connectivity index (χ0) is 12.3.